The second-order valence-electron chi connectivity index (χ2n) is 3.16. The lowest BCUT2D eigenvalue weighted by Gasteiger charge is -2.09. The van der Waals surface area contributed by atoms with Gasteiger partial charge in [-0.05, 0) is 13.8 Å². The molecule has 0 spiro atoms. The first kappa shape index (κ1) is 12.9. The van der Waals surface area contributed by atoms with Crippen molar-refractivity contribution in [3.8, 4) is 0 Å². The lowest BCUT2D eigenvalue weighted by molar-refractivity contribution is -0.123. The predicted octanol–water partition coefficient (Wildman–Crippen LogP) is -2.09. The van der Waals surface area contributed by atoms with Crippen molar-refractivity contribution in [1.29, 1.82) is 0 Å². The Morgan fingerprint density at radius 1 is 1.00 bits per heavy atom. The van der Waals surface area contributed by atoms with Crippen LogP contribution in [0.25, 0.3) is 0 Å². The number of hydrogen-bond donors (Lipinski definition) is 4. The number of nitrogens with one attached hydrogen (secondary N) is 2. The molecule has 6 nitrogen and oxygen atoms in total. The van der Waals surface area contributed by atoms with Crippen molar-refractivity contribution in [3.63, 3.8) is 0 Å². The Morgan fingerprint density at radius 3 is 1.50 bits per heavy atom. The van der Waals surface area contributed by atoms with E-state index in [0.29, 0.717) is 13.1 Å². The van der Waals surface area contributed by atoms with Gasteiger partial charge in [-0.3, -0.25) is 9.59 Å². The van der Waals surface area contributed by atoms with E-state index in [2.05, 4.69) is 10.6 Å². The summed E-state index contributed by atoms with van der Waals surface area (Å²) in [5, 5.41) is 5.11. The molecule has 0 radical (unpaired) electrons. The Bertz CT molecular complexity index is 182. The van der Waals surface area contributed by atoms with Crippen LogP contribution in [0.2, 0.25) is 0 Å². The van der Waals surface area contributed by atoms with Crippen molar-refractivity contribution in [2.24, 2.45) is 11.5 Å². The molecule has 0 aromatic rings. The summed E-state index contributed by atoms with van der Waals surface area (Å²) >= 11 is 0. The van der Waals surface area contributed by atoms with Gasteiger partial charge in [0.15, 0.2) is 0 Å². The van der Waals surface area contributed by atoms with Crippen LogP contribution in [0.5, 0.6) is 0 Å². The van der Waals surface area contributed by atoms with E-state index in [9.17, 15) is 9.59 Å². The molecule has 0 aliphatic heterocycles. The molecule has 2 atom stereocenters. The Hall–Kier alpha value is -1.14. The fourth-order valence-corrected chi connectivity index (χ4v) is 0.693. The summed E-state index contributed by atoms with van der Waals surface area (Å²) in [5.74, 6) is -0.472. The van der Waals surface area contributed by atoms with E-state index in [1.54, 1.807) is 13.8 Å². The topological polar surface area (TPSA) is 110 Å². The van der Waals surface area contributed by atoms with Crippen molar-refractivity contribution >= 4 is 11.8 Å². The molecule has 82 valence electrons. The van der Waals surface area contributed by atoms with Gasteiger partial charge in [-0.1, -0.05) is 0 Å². The smallest absolute Gasteiger partial charge is 0.236 e. The number of amides is 2. The van der Waals surface area contributed by atoms with E-state index >= 15 is 0 Å². The summed E-state index contributed by atoms with van der Waals surface area (Å²) in [6.07, 6.45) is 0. The van der Waals surface area contributed by atoms with Crippen LogP contribution in [0, 0.1) is 0 Å². The van der Waals surface area contributed by atoms with Crippen molar-refractivity contribution in [2.45, 2.75) is 25.9 Å². The van der Waals surface area contributed by atoms with Gasteiger partial charge >= 0.3 is 0 Å². The van der Waals surface area contributed by atoms with Crippen LogP contribution in [0.1, 0.15) is 13.8 Å². The number of hydrogen-bond acceptors (Lipinski definition) is 4. The standard InChI is InChI=1S/C8H18N4O2/c1-5(9)7(13)11-3-4-12-8(14)6(2)10/h5-6H,3-4,9-10H2,1-2H3,(H,11,13)(H,12,14)/t5-,6+. The van der Waals surface area contributed by atoms with E-state index in [1.807, 2.05) is 0 Å². The van der Waals surface area contributed by atoms with E-state index in [1.165, 1.54) is 0 Å². The quantitative estimate of drug-likeness (QED) is 0.383. The molecule has 6 heteroatoms. The normalized spacial score (nSPS) is 14.3. The molecule has 0 aromatic heterocycles. The summed E-state index contributed by atoms with van der Waals surface area (Å²) in [7, 11) is 0. The fourth-order valence-electron chi connectivity index (χ4n) is 0.693. The Morgan fingerprint density at radius 2 is 1.29 bits per heavy atom. The number of carbonyl (C=O) groups excluding carboxylic acids is 2. The maximum atomic E-state index is 10.9. The molecule has 0 aliphatic rings. The average Bonchev–Trinajstić information content (AvgIpc) is 2.11. The monoisotopic (exact) mass is 202 g/mol. The molecule has 0 aromatic carbocycles. The van der Waals surface area contributed by atoms with Gasteiger partial charge in [-0.2, -0.15) is 0 Å². The first-order chi connectivity index (χ1) is 6.45. The third-order valence-electron chi connectivity index (χ3n) is 1.55. The van der Waals surface area contributed by atoms with Crippen LogP contribution < -0.4 is 22.1 Å². The maximum absolute atomic E-state index is 10.9. The fraction of sp³-hybridized carbons (Fsp3) is 0.750. The van der Waals surface area contributed by atoms with Gasteiger partial charge in [0.05, 0.1) is 12.1 Å². The minimum atomic E-state index is -0.529. The minimum Gasteiger partial charge on any atom is -0.353 e. The van der Waals surface area contributed by atoms with Crippen LogP contribution >= 0.6 is 0 Å². The molecule has 0 saturated heterocycles. The zero-order chi connectivity index (χ0) is 11.1. The van der Waals surface area contributed by atoms with Crippen molar-refractivity contribution in [2.75, 3.05) is 13.1 Å². The Balaban J connectivity index is 3.48. The molecule has 0 rings (SSSR count). The average molecular weight is 202 g/mol. The first-order valence-electron chi connectivity index (χ1n) is 4.51. The third kappa shape index (κ3) is 5.50. The van der Waals surface area contributed by atoms with E-state index in [-0.39, 0.29) is 11.8 Å². The highest BCUT2D eigenvalue weighted by Crippen LogP contribution is 1.75. The van der Waals surface area contributed by atoms with Crippen LogP contribution in [0.4, 0.5) is 0 Å². The van der Waals surface area contributed by atoms with E-state index in [0.717, 1.165) is 0 Å². The molecule has 0 unspecified atom stereocenters. The van der Waals surface area contributed by atoms with Gasteiger partial charge < -0.3 is 22.1 Å². The molecule has 0 saturated carbocycles. The molecule has 0 aliphatic carbocycles. The molecular formula is C8H18N4O2. The summed E-state index contributed by atoms with van der Waals surface area (Å²) < 4.78 is 0. The van der Waals surface area contributed by atoms with E-state index in [4.69, 9.17) is 11.5 Å². The zero-order valence-corrected chi connectivity index (χ0v) is 8.54. The Kier molecular flexibility index (Phi) is 5.82. The van der Waals surface area contributed by atoms with Crippen LogP contribution in [0.3, 0.4) is 0 Å². The molecule has 2 amide bonds. The molecule has 0 heterocycles. The molecular weight excluding hydrogens is 184 g/mol. The number of rotatable bonds is 5. The molecule has 14 heavy (non-hydrogen) atoms. The van der Waals surface area contributed by atoms with Crippen molar-refractivity contribution in [3.05, 3.63) is 0 Å². The molecule has 0 fully saturated rings. The second kappa shape index (κ2) is 6.33. The van der Waals surface area contributed by atoms with Gasteiger partial charge in [0.25, 0.3) is 0 Å². The van der Waals surface area contributed by atoms with Crippen molar-refractivity contribution in [1.82, 2.24) is 10.6 Å². The highest BCUT2D eigenvalue weighted by Gasteiger charge is 2.07. The molecule has 0 bridgehead atoms. The number of carbonyl (C=O) groups is 2. The van der Waals surface area contributed by atoms with Crippen LogP contribution in [-0.4, -0.2) is 37.0 Å². The van der Waals surface area contributed by atoms with Gasteiger partial charge in [-0.25, -0.2) is 0 Å². The Labute approximate surface area is 83.4 Å². The summed E-state index contributed by atoms with van der Waals surface area (Å²) in [6.45, 7) is 3.91. The zero-order valence-electron chi connectivity index (χ0n) is 8.54. The lowest BCUT2D eigenvalue weighted by atomic mass is 10.3. The van der Waals surface area contributed by atoms with Crippen LogP contribution in [-0.2, 0) is 9.59 Å². The predicted molar refractivity (Wildman–Crippen MR) is 53.3 cm³/mol. The highest BCUT2D eigenvalue weighted by atomic mass is 16.2. The minimum absolute atomic E-state index is 0.236. The summed E-state index contributed by atoms with van der Waals surface area (Å²) in [5.41, 5.74) is 10.6. The largest absolute Gasteiger partial charge is 0.353 e. The SMILES string of the molecule is C[C@H](N)C(=O)NCCNC(=O)[C@@H](C)N. The van der Waals surface area contributed by atoms with E-state index < -0.39 is 12.1 Å². The first-order valence-corrected chi connectivity index (χ1v) is 4.51. The number of nitrogens with two attached hydrogens (primary N) is 2. The second-order valence-corrected chi connectivity index (χ2v) is 3.16. The van der Waals surface area contributed by atoms with Gasteiger partial charge in [0.1, 0.15) is 0 Å². The van der Waals surface area contributed by atoms with Gasteiger partial charge in [-0.15, -0.1) is 0 Å². The molecule has 6 N–H and O–H groups in total. The lowest BCUT2D eigenvalue weighted by Crippen LogP contribution is -2.44. The summed E-state index contributed by atoms with van der Waals surface area (Å²) in [4.78, 5) is 21.9. The van der Waals surface area contributed by atoms with Crippen LogP contribution in [0.15, 0.2) is 0 Å². The maximum Gasteiger partial charge on any atom is 0.236 e. The van der Waals surface area contributed by atoms with Gasteiger partial charge in [0, 0.05) is 13.1 Å². The third-order valence-corrected chi connectivity index (χ3v) is 1.55. The van der Waals surface area contributed by atoms with Crippen molar-refractivity contribution < 1.29 is 9.59 Å². The highest BCUT2D eigenvalue weighted by molar-refractivity contribution is 5.82. The van der Waals surface area contributed by atoms with Gasteiger partial charge in [0.2, 0.25) is 11.8 Å². The summed E-state index contributed by atoms with van der Waals surface area (Å²) in [6, 6.07) is -1.06.